The number of hydrogen-bond donors (Lipinski definition) is 0. The molecule has 0 aliphatic carbocycles. The number of benzene rings is 1. The molecule has 9 nitrogen and oxygen atoms in total. The molecule has 3 aromatic rings. The van der Waals surface area contributed by atoms with E-state index >= 15 is 0 Å². The summed E-state index contributed by atoms with van der Waals surface area (Å²) in [5, 5.41) is 9.37. The predicted octanol–water partition coefficient (Wildman–Crippen LogP) is 4.22. The Morgan fingerprint density at radius 2 is 1.97 bits per heavy atom. The molecule has 206 valence electrons. The Bertz CT molecular complexity index is 1360. The van der Waals surface area contributed by atoms with Gasteiger partial charge in [0.1, 0.15) is 6.29 Å². The first kappa shape index (κ1) is 25.7. The molecule has 39 heavy (non-hydrogen) atoms. The van der Waals surface area contributed by atoms with Gasteiger partial charge in [0.15, 0.2) is 5.82 Å². The minimum atomic E-state index is -2.67. The van der Waals surface area contributed by atoms with Crippen LogP contribution in [0, 0.1) is 0 Å². The molecule has 1 saturated heterocycles. The Balaban J connectivity index is 1.42. The Hall–Kier alpha value is -3.60. The van der Waals surface area contributed by atoms with Gasteiger partial charge in [-0.05, 0) is 48.9 Å². The van der Waals surface area contributed by atoms with Crippen LogP contribution in [0.15, 0.2) is 24.5 Å². The van der Waals surface area contributed by atoms with Crippen LogP contribution in [-0.2, 0) is 40.3 Å². The highest BCUT2D eigenvalue weighted by atomic mass is 19.3. The lowest BCUT2D eigenvalue weighted by Gasteiger charge is -2.33. The fourth-order valence-electron chi connectivity index (χ4n) is 6.10. The van der Waals surface area contributed by atoms with Crippen molar-refractivity contribution in [2.24, 2.45) is 0 Å². The van der Waals surface area contributed by atoms with E-state index in [2.05, 4.69) is 14.7 Å². The van der Waals surface area contributed by atoms with Gasteiger partial charge in [-0.3, -0.25) is 14.2 Å². The lowest BCUT2D eigenvalue weighted by molar-refractivity contribution is -0.119. The van der Waals surface area contributed by atoms with E-state index in [4.69, 9.17) is 9.84 Å². The molecule has 1 aromatic carbocycles. The van der Waals surface area contributed by atoms with Crippen LogP contribution >= 0.6 is 0 Å². The number of nitrogens with zero attached hydrogens (tertiary/aromatic N) is 6. The predicted molar refractivity (Wildman–Crippen MR) is 140 cm³/mol. The summed E-state index contributed by atoms with van der Waals surface area (Å²) < 4.78 is 38.3. The van der Waals surface area contributed by atoms with Gasteiger partial charge in [0, 0.05) is 80.0 Å². The normalized spacial score (nSPS) is 17.8. The van der Waals surface area contributed by atoms with Gasteiger partial charge in [-0.1, -0.05) is 0 Å². The quantitative estimate of drug-likeness (QED) is 0.399. The third-order valence-electron chi connectivity index (χ3n) is 8.06. The van der Waals surface area contributed by atoms with Crippen LogP contribution in [0.1, 0.15) is 60.5 Å². The average molecular weight is 539 g/mol. The second kappa shape index (κ2) is 10.9. The second-order valence-corrected chi connectivity index (χ2v) is 10.4. The Morgan fingerprint density at radius 3 is 2.74 bits per heavy atom. The SMILES string of the molecule is O=CCCn1cc(-c2cc3c(cc2C(F)F)N(c2nn(C4CCOCC4)c4c2CN(C=O)CC4)CCC3)cn1. The smallest absolute Gasteiger partial charge is 0.264 e. The molecule has 0 bridgehead atoms. The minimum absolute atomic E-state index is 0.0529. The largest absolute Gasteiger partial charge is 0.381 e. The summed E-state index contributed by atoms with van der Waals surface area (Å²) in [5.74, 6) is 0.763. The molecule has 2 aromatic heterocycles. The summed E-state index contributed by atoms with van der Waals surface area (Å²) in [6, 6.07) is 3.70. The number of aromatic nitrogens is 4. The molecule has 5 heterocycles. The van der Waals surface area contributed by atoms with Gasteiger partial charge in [0.25, 0.3) is 6.43 Å². The second-order valence-electron chi connectivity index (χ2n) is 10.4. The molecule has 6 rings (SSSR count). The van der Waals surface area contributed by atoms with Crippen LogP contribution in [0.5, 0.6) is 0 Å². The number of aryl methyl sites for hydroxylation is 2. The van der Waals surface area contributed by atoms with Crippen molar-refractivity contribution in [3.05, 3.63) is 46.9 Å². The zero-order valence-corrected chi connectivity index (χ0v) is 21.8. The average Bonchev–Trinajstić information content (AvgIpc) is 3.60. The molecular formula is C28H32F2N6O3. The molecule has 0 saturated carbocycles. The highest BCUT2D eigenvalue weighted by molar-refractivity contribution is 5.77. The van der Waals surface area contributed by atoms with E-state index in [1.165, 1.54) is 0 Å². The van der Waals surface area contributed by atoms with E-state index in [1.54, 1.807) is 28.0 Å². The van der Waals surface area contributed by atoms with Crippen molar-refractivity contribution < 1.29 is 23.1 Å². The summed E-state index contributed by atoms with van der Waals surface area (Å²) >= 11 is 0. The molecule has 0 N–H and O–H groups in total. The van der Waals surface area contributed by atoms with E-state index in [0.717, 1.165) is 66.7 Å². The van der Waals surface area contributed by atoms with Gasteiger partial charge in [0.2, 0.25) is 6.41 Å². The fourth-order valence-corrected chi connectivity index (χ4v) is 6.10. The molecule has 1 amide bonds. The maximum Gasteiger partial charge on any atom is 0.264 e. The summed E-state index contributed by atoms with van der Waals surface area (Å²) in [5.41, 5.74) is 4.89. The maximum absolute atomic E-state index is 14.5. The first-order valence-electron chi connectivity index (χ1n) is 13.6. The molecule has 0 unspecified atom stereocenters. The molecule has 1 fully saturated rings. The first-order valence-corrected chi connectivity index (χ1v) is 13.6. The number of aldehydes is 1. The minimum Gasteiger partial charge on any atom is -0.381 e. The van der Waals surface area contributed by atoms with E-state index < -0.39 is 6.43 Å². The monoisotopic (exact) mass is 538 g/mol. The third-order valence-corrected chi connectivity index (χ3v) is 8.06. The summed E-state index contributed by atoms with van der Waals surface area (Å²) in [7, 11) is 0. The molecule has 0 radical (unpaired) electrons. The van der Waals surface area contributed by atoms with Crippen molar-refractivity contribution in [2.75, 3.05) is 31.2 Å². The highest BCUT2D eigenvalue weighted by Crippen LogP contribution is 2.43. The molecule has 0 spiro atoms. The number of rotatable bonds is 8. The molecule has 3 aliphatic rings. The standard InChI is InChI=1S/C28H32F2N6O3/c29-27(30)23-14-26-19(13-22(23)20-15-31-34(16-20)7-2-10-37)3-1-8-35(26)28-24-17-33(18-38)9-4-25(24)36(32-28)21-5-11-39-12-6-21/h10,13-16,18,21,27H,1-9,11-12,17H2. The lowest BCUT2D eigenvalue weighted by Crippen LogP contribution is -2.32. The number of ether oxygens (including phenoxy) is 1. The van der Waals surface area contributed by atoms with Crippen LogP contribution in [-0.4, -0.2) is 63.5 Å². The van der Waals surface area contributed by atoms with E-state index in [9.17, 15) is 18.4 Å². The Labute approximate surface area is 225 Å². The van der Waals surface area contributed by atoms with Crippen molar-refractivity contribution in [1.82, 2.24) is 24.5 Å². The zero-order valence-electron chi connectivity index (χ0n) is 21.8. The number of anilines is 2. The van der Waals surface area contributed by atoms with Crippen molar-refractivity contribution in [3.63, 3.8) is 0 Å². The Kier molecular flexibility index (Phi) is 7.16. The molecule has 3 aliphatic heterocycles. The Morgan fingerprint density at radius 1 is 1.13 bits per heavy atom. The van der Waals surface area contributed by atoms with E-state index in [-0.39, 0.29) is 11.6 Å². The van der Waals surface area contributed by atoms with Crippen molar-refractivity contribution in [3.8, 4) is 11.1 Å². The van der Waals surface area contributed by atoms with Gasteiger partial charge in [0.05, 0.1) is 18.8 Å². The number of halogens is 2. The summed E-state index contributed by atoms with van der Waals surface area (Å²) in [6.45, 7) is 3.55. The van der Waals surface area contributed by atoms with Crippen LogP contribution < -0.4 is 4.90 Å². The van der Waals surface area contributed by atoms with Crippen LogP contribution in [0.2, 0.25) is 0 Å². The number of amides is 1. The summed E-state index contributed by atoms with van der Waals surface area (Å²) in [6.07, 6.45) is 6.72. The summed E-state index contributed by atoms with van der Waals surface area (Å²) in [4.78, 5) is 26.2. The van der Waals surface area contributed by atoms with Crippen molar-refractivity contribution in [1.29, 1.82) is 0 Å². The van der Waals surface area contributed by atoms with Gasteiger partial charge in [-0.2, -0.15) is 10.2 Å². The van der Waals surface area contributed by atoms with Crippen LogP contribution in [0.3, 0.4) is 0 Å². The first-order chi connectivity index (χ1) is 19.1. The van der Waals surface area contributed by atoms with Gasteiger partial charge < -0.3 is 19.3 Å². The van der Waals surface area contributed by atoms with Crippen molar-refractivity contribution >= 4 is 24.2 Å². The topological polar surface area (TPSA) is 85.5 Å². The van der Waals surface area contributed by atoms with Gasteiger partial charge in [-0.15, -0.1) is 0 Å². The number of alkyl halides is 2. The number of hydrogen-bond acceptors (Lipinski definition) is 6. The number of carbonyl (C=O) groups is 2. The number of fused-ring (bicyclic) bond motifs is 2. The van der Waals surface area contributed by atoms with Crippen LogP contribution in [0.25, 0.3) is 11.1 Å². The zero-order chi connectivity index (χ0) is 26.9. The maximum atomic E-state index is 14.5. The molecular weight excluding hydrogens is 506 g/mol. The fraction of sp³-hybridized carbons (Fsp3) is 0.500. The van der Waals surface area contributed by atoms with Gasteiger partial charge >= 0.3 is 0 Å². The highest BCUT2D eigenvalue weighted by Gasteiger charge is 2.33. The van der Waals surface area contributed by atoms with Crippen molar-refractivity contribution in [2.45, 2.75) is 64.1 Å². The van der Waals surface area contributed by atoms with E-state index in [0.29, 0.717) is 63.4 Å². The van der Waals surface area contributed by atoms with Gasteiger partial charge in [-0.25, -0.2) is 8.78 Å². The molecule has 0 atom stereocenters. The number of carbonyl (C=O) groups excluding carboxylic acids is 2. The van der Waals surface area contributed by atoms with Crippen LogP contribution in [0.4, 0.5) is 20.3 Å². The lowest BCUT2D eigenvalue weighted by atomic mass is 9.92. The van der Waals surface area contributed by atoms with E-state index in [1.807, 2.05) is 6.07 Å². The third kappa shape index (κ3) is 4.84. The molecule has 11 heteroatoms.